The van der Waals surface area contributed by atoms with E-state index in [0.29, 0.717) is 23.5 Å². The number of anilines is 1. The number of amides is 2. The third kappa shape index (κ3) is 4.75. The minimum atomic E-state index is -0.685. The number of aryl methyl sites for hydroxylation is 1. The quantitative estimate of drug-likeness (QED) is 0.653. The molecule has 2 rings (SSSR count). The van der Waals surface area contributed by atoms with Crippen molar-refractivity contribution in [2.75, 3.05) is 11.9 Å². The maximum absolute atomic E-state index is 11.8. The monoisotopic (exact) mass is 330 g/mol. The van der Waals surface area contributed by atoms with E-state index in [4.69, 9.17) is 0 Å². The second-order valence-electron chi connectivity index (χ2n) is 5.10. The molecule has 1 aromatic carbocycles. The maximum Gasteiger partial charge on any atom is 0.313 e. The van der Waals surface area contributed by atoms with Crippen molar-refractivity contribution in [3.63, 3.8) is 0 Å². The highest BCUT2D eigenvalue weighted by Gasteiger charge is 2.14. The third-order valence-corrected chi connectivity index (χ3v) is 4.51. The fourth-order valence-corrected chi connectivity index (χ4v) is 2.88. The summed E-state index contributed by atoms with van der Waals surface area (Å²) in [6.45, 7) is 3.72. The SMILES string of the molecule is CC(=O)c1ccc(CCNC(=O)C(=O)Nc2ccccc2C)s1. The van der Waals surface area contributed by atoms with Crippen LogP contribution in [0.15, 0.2) is 36.4 Å². The van der Waals surface area contributed by atoms with Crippen molar-refractivity contribution in [2.45, 2.75) is 20.3 Å². The number of para-hydroxylation sites is 1. The molecule has 0 saturated heterocycles. The predicted octanol–water partition coefficient (Wildman–Crippen LogP) is 2.56. The molecule has 2 N–H and O–H groups in total. The summed E-state index contributed by atoms with van der Waals surface area (Å²) in [5.74, 6) is -1.32. The number of Topliss-reactive ketones (excluding diaryl/α,β-unsaturated/α-hetero) is 1. The lowest BCUT2D eigenvalue weighted by Crippen LogP contribution is -2.36. The van der Waals surface area contributed by atoms with Gasteiger partial charge in [0, 0.05) is 17.1 Å². The number of carbonyl (C=O) groups excluding carboxylic acids is 3. The number of ketones is 1. The lowest BCUT2D eigenvalue weighted by molar-refractivity contribution is -0.136. The van der Waals surface area contributed by atoms with Crippen molar-refractivity contribution in [3.8, 4) is 0 Å². The van der Waals surface area contributed by atoms with Crippen LogP contribution in [0.4, 0.5) is 5.69 Å². The molecule has 0 spiro atoms. The number of benzene rings is 1. The number of nitrogens with one attached hydrogen (secondary N) is 2. The highest BCUT2D eigenvalue weighted by atomic mass is 32.1. The Hall–Kier alpha value is -2.47. The molecular formula is C17H18N2O3S. The molecule has 0 aliphatic heterocycles. The van der Waals surface area contributed by atoms with Gasteiger partial charge in [-0.3, -0.25) is 14.4 Å². The van der Waals surface area contributed by atoms with Gasteiger partial charge in [-0.25, -0.2) is 0 Å². The Balaban J connectivity index is 1.81. The summed E-state index contributed by atoms with van der Waals surface area (Å²) in [6, 6.07) is 10.9. The molecule has 0 aliphatic rings. The van der Waals surface area contributed by atoms with E-state index in [1.807, 2.05) is 25.1 Å². The second-order valence-corrected chi connectivity index (χ2v) is 6.27. The molecule has 1 heterocycles. The van der Waals surface area contributed by atoms with Crippen LogP contribution in [-0.4, -0.2) is 24.1 Å². The van der Waals surface area contributed by atoms with Gasteiger partial charge in [0.1, 0.15) is 0 Å². The Morgan fingerprint density at radius 2 is 1.78 bits per heavy atom. The van der Waals surface area contributed by atoms with Crippen molar-refractivity contribution in [2.24, 2.45) is 0 Å². The minimum Gasteiger partial charge on any atom is -0.347 e. The fraction of sp³-hybridized carbons (Fsp3) is 0.235. The molecule has 2 aromatic rings. The fourth-order valence-electron chi connectivity index (χ4n) is 1.97. The van der Waals surface area contributed by atoms with Gasteiger partial charge in [-0.15, -0.1) is 11.3 Å². The zero-order valence-corrected chi connectivity index (χ0v) is 13.8. The van der Waals surface area contributed by atoms with Gasteiger partial charge in [-0.05, 0) is 44.0 Å². The van der Waals surface area contributed by atoms with Gasteiger partial charge in [0.05, 0.1) is 4.88 Å². The summed E-state index contributed by atoms with van der Waals surface area (Å²) in [7, 11) is 0. The number of hydrogen-bond acceptors (Lipinski definition) is 4. The lowest BCUT2D eigenvalue weighted by atomic mass is 10.2. The van der Waals surface area contributed by atoms with E-state index in [1.54, 1.807) is 18.2 Å². The Labute approximate surface area is 138 Å². The molecule has 0 atom stereocenters. The highest BCUT2D eigenvalue weighted by molar-refractivity contribution is 7.14. The molecule has 5 nitrogen and oxygen atoms in total. The van der Waals surface area contributed by atoms with E-state index in [-0.39, 0.29) is 5.78 Å². The first-order valence-corrected chi connectivity index (χ1v) is 8.03. The maximum atomic E-state index is 11.8. The second kappa shape index (κ2) is 7.69. The van der Waals surface area contributed by atoms with Crippen LogP contribution in [0.2, 0.25) is 0 Å². The Kier molecular flexibility index (Phi) is 5.65. The van der Waals surface area contributed by atoms with E-state index in [2.05, 4.69) is 10.6 Å². The van der Waals surface area contributed by atoms with Crippen LogP contribution >= 0.6 is 11.3 Å². The number of rotatable bonds is 5. The molecule has 0 fully saturated rings. The van der Waals surface area contributed by atoms with Gasteiger partial charge in [0.25, 0.3) is 0 Å². The van der Waals surface area contributed by atoms with Gasteiger partial charge < -0.3 is 10.6 Å². The Morgan fingerprint density at radius 3 is 2.43 bits per heavy atom. The van der Waals surface area contributed by atoms with Gasteiger partial charge in [0.2, 0.25) is 0 Å². The Morgan fingerprint density at radius 1 is 1.04 bits per heavy atom. The van der Waals surface area contributed by atoms with E-state index in [1.165, 1.54) is 18.3 Å². The largest absolute Gasteiger partial charge is 0.347 e. The molecule has 1 aromatic heterocycles. The molecule has 0 unspecified atom stereocenters. The lowest BCUT2D eigenvalue weighted by Gasteiger charge is -2.08. The summed E-state index contributed by atoms with van der Waals surface area (Å²) in [4.78, 5) is 36.5. The predicted molar refractivity (Wildman–Crippen MR) is 90.8 cm³/mol. The van der Waals surface area contributed by atoms with Gasteiger partial charge in [0.15, 0.2) is 5.78 Å². The average molecular weight is 330 g/mol. The third-order valence-electron chi connectivity index (χ3n) is 3.27. The normalized spacial score (nSPS) is 10.2. The number of carbonyl (C=O) groups is 3. The molecule has 0 aliphatic carbocycles. The first-order chi connectivity index (χ1) is 11.0. The summed E-state index contributed by atoms with van der Waals surface area (Å²) in [5.41, 5.74) is 1.51. The van der Waals surface area contributed by atoms with E-state index in [0.717, 1.165) is 10.4 Å². The van der Waals surface area contributed by atoms with Crippen LogP contribution in [0.3, 0.4) is 0 Å². The Bertz CT molecular complexity index is 737. The van der Waals surface area contributed by atoms with Gasteiger partial charge in [-0.2, -0.15) is 0 Å². The minimum absolute atomic E-state index is 0.0305. The molecule has 0 radical (unpaired) electrons. The molecular weight excluding hydrogens is 312 g/mol. The zero-order chi connectivity index (χ0) is 16.8. The van der Waals surface area contributed by atoms with Crippen LogP contribution in [0.1, 0.15) is 27.0 Å². The summed E-state index contributed by atoms with van der Waals surface area (Å²) >= 11 is 1.40. The number of thiophene rings is 1. The first-order valence-electron chi connectivity index (χ1n) is 7.22. The molecule has 0 bridgehead atoms. The van der Waals surface area contributed by atoms with Gasteiger partial charge in [-0.1, -0.05) is 18.2 Å². The first kappa shape index (κ1) is 16.9. The summed E-state index contributed by atoms with van der Waals surface area (Å²) in [5, 5.41) is 5.16. The van der Waals surface area contributed by atoms with Crippen molar-refractivity contribution >= 4 is 34.6 Å². The van der Waals surface area contributed by atoms with E-state index in [9.17, 15) is 14.4 Å². The van der Waals surface area contributed by atoms with E-state index >= 15 is 0 Å². The average Bonchev–Trinajstić information content (AvgIpc) is 2.98. The van der Waals surface area contributed by atoms with Crippen LogP contribution in [0.25, 0.3) is 0 Å². The van der Waals surface area contributed by atoms with Gasteiger partial charge >= 0.3 is 11.8 Å². The standard InChI is InChI=1S/C17H18N2O3S/c1-11-5-3-4-6-14(11)19-17(22)16(21)18-10-9-13-7-8-15(23-13)12(2)20/h3-8H,9-10H2,1-2H3,(H,18,21)(H,19,22). The topological polar surface area (TPSA) is 75.3 Å². The van der Waals surface area contributed by atoms with Crippen LogP contribution in [-0.2, 0) is 16.0 Å². The molecule has 0 saturated carbocycles. The van der Waals surface area contributed by atoms with Crippen molar-refractivity contribution in [3.05, 3.63) is 51.7 Å². The van der Waals surface area contributed by atoms with Crippen molar-refractivity contribution in [1.82, 2.24) is 5.32 Å². The number of hydrogen-bond donors (Lipinski definition) is 2. The molecule has 2 amide bonds. The van der Waals surface area contributed by atoms with Crippen LogP contribution < -0.4 is 10.6 Å². The molecule has 120 valence electrons. The van der Waals surface area contributed by atoms with E-state index < -0.39 is 11.8 Å². The van der Waals surface area contributed by atoms with Crippen molar-refractivity contribution < 1.29 is 14.4 Å². The zero-order valence-electron chi connectivity index (χ0n) is 13.0. The summed E-state index contributed by atoms with van der Waals surface area (Å²) in [6.07, 6.45) is 0.585. The smallest absolute Gasteiger partial charge is 0.313 e. The molecule has 6 heteroatoms. The molecule has 23 heavy (non-hydrogen) atoms. The van der Waals surface area contributed by atoms with Crippen LogP contribution in [0.5, 0.6) is 0 Å². The highest BCUT2D eigenvalue weighted by Crippen LogP contribution is 2.17. The summed E-state index contributed by atoms with van der Waals surface area (Å²) < 4.78 is 0. The van der Waals surface area contributed by atoms with Crippen molar-refractivity contribution in [1.29, 1.82) is 0 Å². The van der Waals surface area contributed by atoms with Crippen LogP contribution in [0, 0.1) is 6.92 Å².